The molecule has 1 aliphatic heterocycles. The first-order chi connectivity index (χ1) is 13.7. The van der Waals surface area contributed by atoms with Gasteiger partial charge in [0.05, 0.1) is 20.8 Å². The molecule has 0 N–H and O–H groups in total. The molecule has 1 heterocycles. The molecule has 0 aromatic heterocycles. The molecule has 0 unspecified atom stereocenters. The van der Waals surface area contributed by atoms with Gasteiger partial charge in [0, 0.05) is 36.5 Å². The molecule has 1 amide bonds. The maximum atomic E-state index is 12.5. The van der Waals surface area contributed by atoms with E-state index < -0.39 is 0 Å². The molecule has 1 aliphatic rings. The fourth-order valence-electron chi connectivity index (χ4n) is 3.36. The highest BCUT2D eigenvalue weighted by Gasteiger charge is 2.22. The van der Waals surface area contributed by atoms with Gasteiger partial charge < -0.3 is 14.2 Å². The minimum Gasteiger partial charge on any atom is -0.493 e. The van der Waals surface area contributed by atoms with E-state index in [1.165, 1.54) is 5.56 Å². The number of carbonyl (C=O) groups is 1. The predicted octanol–water partition coefficient (Wildman–Crippen LogP) is 4.10. The van der Waals surface area contributed by atoms with E-state index in [-0.39, 0.29) is 6.09 Å². The number of amides is 1. The zero-order valence-corrected chi connectivity index (χ0v) is 16.6. The number of anilines is 1. The highest BCUT2D eigenvalue weighted by atomic mass is 16.6. The monoisotopic (exact) mass is 382 g/mol. The van der Waals surface area contributed by atoms with E-state index in [0.29, 0.717) is 25.3 Å². The Morgan fingerprint density at radius 3 is 2.50 bits per heavy atom. The van der Waals surface area contributed by atoms with Crippen molar-refractivity contribution in [1.29, 1.82) is 0 Å². The summed E-state index contributed by atoms with van der Waals surface area (Å²) < 4.78 is 16.1. The first kappa shape index (κ1) is 19.7. The average molecular weight is 382 g/mol. The number of methoxy groups -OCH3 is 2. The van der Waals surface area contributed by atoms with Gasteiger partial charge in [0.1, 0.15) is 0 Å². The normalized spacial score (nSPS) is 12.6. The third-order valence-electron chi connectivity index (χ3n) is 4.73. The van der Waals surface area contributed by atoms with Crippen molar-refractivity contribution in [1.82, 2.24) is 0 Å². The molecule has 0 fully saturated rings. The molecule has 3 rings (SSSR count). The van der Waals surface area contributed by atoms with Crippen LogP contribution in [0, 0.1) is 0 Å². The number of carbonyl (C=O) groups excluding carboxylic acids is 1. The fraction of sp³-hybridized carbons (Fsp3) is 0.364. The number of para-hydroxylation sites is 1. The number of nitrogens with zero attached hydrogens (tertiary/aromatic N) is 2. The molecule has 0 bridgehead atoms. The molecule has 0 spiro atoms. The maximum Gasteiger partial charge on any atom is 0.414 e. The summed E-state index contributed by atoms with van der Waals surface area (Å²) in [6, 6.07) is 13.5. The summed E-state index contributed by atoms with van der Waals surface area (Å²) >= 11 is 0. The number of ether oxygens (including phenoxy) is 3. The van der Waals surface area contributed by atoms with Gasteiger partial charge in [-0.1, -0.05) is 18.2 Å². The molecule has 0 atom stereocenters. The fourth-order valence-corrected chi connectivity index (χ4v) is 3.36. The first-order valence-corrected chi connectivity index (χ1v) is 9.45. The van der Waals surface area contributed by atoms with Crippen LogP contribution >= 0.6 is 0 Å². The van der Waals surface area contributed by atoms with Crippen LogP contribution in [0.4, 0.5) is 10.5 Å². The Morgan fingerprint density at radius 1 is 1.11 bits per heavy atom. The number of hydrogen-bond donors (Lipinski definition) is 0. The summed E-state index contributed by atoms with van der Waals surface area (Å²) in [5, 5.41) is 0. The minimum absolute atomic E-state index is 0.336. The second-order valence-corrected chi connectivity index (χ2v) is 6.38. The molecule has 0 aliphatic carbocycles. The van der Waals surface area contributed by atoms with Gasteiger partial charge in [-0.25, -0.2) is 4.79 Å². The largest absolute Gasteiger partial charge is 0.493 e. The van der Waals surface area contributed by atoms with E-state index in [2.05, 4.69) is 0 Å². The van der Waals surface area contributed by atoms with E-state index in [9.17, 15) is 4.79 Å². The Balaban J connectivity index is 1.83. The lowest BCUT2D eigenvalue weighted by Gasteiger charge is -2.24. The lowest BCUT2D eigenvalue weighted by Crippen LogP contribution is -2.34. The molecule has 148 valence electrons. The zero-order chi connectivity index (χ0) is 19.9. The van der Waals surface area contributed by atoms with Gasteiger partial charge in [0.25, 0.3) is 0 Å². The summed E-state index contributed by atoms with van der Waals surface area (Å²) in [4.78, 5) is 18.8. The SMILES string of the molecule is CCOC(=O)N(CCC1=NCCc2cc(OC)c(OC)cc21)c1ccccc1. The van der Waals surface area contributed by atoms with Crippen molar-refractivity contribution in [2.45, 2.75) is 19.8 Å². The van der Waals surface area contributed by atoms with E-state index in [1.807, 2.05) is 49.4 Å². The maximum absolute atomic E-state index is 12.5. The lowest BCUT2D eigenvalue weighted by atomic mass is 9.95. The van der Waals surface area contributed by atoms with Crippen LogP contribution in [0.3, 0.4) is 0 Å². The molecule has 2 aromatic carbocycles. The standard InChI is InChI=1S/C22H26N2O4/c1-4-28-22(25)24(17-8-6-5-7-9-17)13-11-19-18-15-21(27-3)20(26-2)14-16(18)10-12-23-19/h5-9,14-15H,4,10-13H2,1-3H3. The Bertz CT molecular complexity index is 849. The van der Waals surface area contributed by atoms with Crippen molar-refractivity contribution in [2.24, 2.45) is 4.99 Å². The van der Waals surface area contributed by atoms with Gasteiger partial charge >= 0.3 is 6.09 Å². The Kier molecular flexibility index (Phi) is 6.53. The number of hydrogen-bond acceptors (Lipinski definition) is 5. The molecule has 0 saturated carbocycles. The van der Waals surface area contributed by atoms with Crippen LogP contribution < -0.4 is 14.4 Å². The van der Waals surface area contributed by atoms with Crippen LogP contribution in [0.15, 0.2) is 47.5 Å². The lowest BCUT2D eigenvalue weighted by molar-refractivity contribution is 0.160. The molecule has 6 heteroatoms. The van der Waals surface area contributed by atoms with Gasteiger partial charge in [0.2, 0.25) is 0 Å². The van der Waals surface area contributed by atoms with Crippen LogP contribution in [0.25, 0.3) is 0 Å². The van der Waals surface area contributed by atoms with E-state index in [4.69, 9.17) is 19.2 Å². The summed E-state index contributed by atoms with van der Waals surface area (Å²) in [6.45, 7) is 3.35. The number of benzene rings is 2. The highest BCUT2D eigenvalue weighted by molar-refractivity contribution is 6.04. The van der Waals surface area contributed by atoms with Gasteiger partial charge in [-0.3, -0.25) is 9.89 Å². The summed E-state index contributed by atoms with van der Waals surface area (Å²) in [5.41, 5.74) is 4.02. The van der Waals surface area contributed by atoms with Gasteiger partial charge in [-0.05, 0) is 43.2 Å². The van der Waals surface area contributed by atoms with Crippen molar-refractivity contribution in [3.8, 4) is 11.5 Å². The van der Waals surface area contributed by atoms with Gasteiger partial charge in [0.15, 0.2) is 11.5 Å². The minimum atomic E-state index is -0.349. The van der Waals surface area contributed by atoms with Crippen molar-refractivity contribution in [2.75, 3.05) is 38.8 Å². The molecule has 2 aromatic rings. The Hall–Kier alpha value is -3.02. The van der Waals surface area contributed by atoms with Crippen molar-refractivity contribution < 1.29 is 19.0 Å². The van der Waals surface area contributed by atoms with Crippen molar-refractivity contribution >= 4 is 17.5 Å². The van der Waals surface area contributed by atoms with Crippen LogP contribution in [0.2, 0.25) is 0 Å². The summed E-state index contributed by atoms with van der Waals surface area (Å²) in [6.07, 6.45) is 1.13. The van der Waals surface area contributed by atoms with Crippen LogP contribution in [0.5, 0.6) is 11.5 Å². The number of fused-ring (bicyclic) bond motifs is 1. The zero-order valence-electron chi connectivity index (χ0n) is 16.6. The second-order valence-electron chi connectivity index (χ2n) is 6.38. The Labute approximate surface area is 165 Å². The number of rotatable bonds is 7. The van der Waals surface area contributed by atoms with Gasteiger partial charge in [-0.2, -0.15) is 0 Å². The molecule has 6 nitrogen and oxygen atoms in total. The second kappa shape index (κ2) is 9.26. The smallest absolute Gasteiger partial charge is 0.414 e. The molecule has 28 heavy (non-hydrogen) atoms. The van der Waals surface area contributed by atoms with E-state index >= 15 is 0 Å². The summed E-state index contributed by atoms with van der Waals surface area (Å²) in [7, 11) is 3.26. The van der Waals surface area contributed by atoms with Crippen LogP contribution in [0.1, 0.15) is 24.5 Å². The molecule has 0 saturated heterocycles. The van der Waals surface area contributed by atoms with Crippen molar-refractivity contribution in [3.63, 3.8) is 0 Å². The molecular weight excluding hydrogens is 356 g/mol. The Morgan fingerprint density at radius 2 is 1.82 bits per heavy atom. The molecule has 0 radical (unpaired) electrons. The van der Waals surface area contributed by atoms with Crippen molar-refractivity contribution in [3.05, 3.63) is 53.6 Å². The van der Waals surface area contributed by atoms with E-state index in [1.54, 1.807) is 19.1 Å². The van der Waals surface area contributed by atoms with Crippen LogP contribution in [-0.2, 0) is 11.2 Å². The topological polar surface area (TPSA) is 60.4 Å². The molecular formula is C22H26N2O4. The van der Waals surface area contributed by atoms with Gasteiger partial charge in [-0.15, -0.1) is 0 Å². The third-order valence-corrected chi connectivity index (χ3v) is 4.73. The average Bonchev–Trinajstić information content (AvgIpc) is 2.74. The first-order valence-electron chi connectivity index (χ1n) is 9.45. The quantitative estimate of drug-likeness (QED) is 0.723. The van der Waals surface area contributed by atoms with Crippen LogP contribution in [-0.4, -0.2) is 45.7 Å². The highest BCUT2D eigenvalue weighted by Crippen LogP contribution is 2.33. The number of aliphatic imine (C=N–C) groups is 1. The summed E-state index contributed by atoms with van der Waals surface area (Å²) in [5.74, 6) is 1.40. The van der Waals surface area contributed by atoms with E-state index in [0.717, 1.165) is 35.7 Å². The predicted molar refractivity (Wildman–Crippen MR) is 110 cm³/mol. The third kappa shape index (κ3) is 4.27.